The average molecular weight is 519 g/mol. The maximum Gasteiger partial charge on any atom is 2.00 e. The maximum absolute atomic E-state index is 13.6. The molecule has 10 heteroatoms. The fraction of sp³-hybridized carbons (Fsp3) is 0.231. The van der Waals surface area contributed by atoms with E-state index in [0.29, 0.717) is 35.0 Å². The van der Waals surface area contributed by atoms with Crippen molar-refractivity contribution >= 4 is 43.7 Å². The summed E-state index contributed by atoms with van der Waals surface area (Å²) >= 11 is 0. The molecule has 0 spiro atoms. The first-order chi connectivity index (χ1) is 16.9. The van der Waals surface area contributed by atoms with Crippen molar-refractivity contribution in [1.29, 1.82) is 0 Å². The standard InChI is InChI=1S/C26H25FN4O4.Ca.2H/c27-19-8-6-17(7-9-19)24-25(22-10-12-28-16-29-22)31(26(30-24)18-4-2-1-3-5-18)13-11-20(32)14-21(33)15-23(34)35;;;/h1-10,12,16,20-21,32-33H,11,13-15H2,(H,34,35);;;/q;+2;2*-1/t20-,21-;;;/m1.../s1. The van der Waals surface area contributed by atoms with E-state index in [4.69, 9.17) is 10.1 Å². The zero-order valence-electron chi connectivity index (χ0n) is 21.5. The molecular formula is C26H27CaFN4O4. The molecule has 0 saturated heterocycles. The van der Waals surface area contributed by atoms with Crippen molar-refractivity contribution in [3.63, 3.8) is 0 Å². The van der Waals surface area contributed by atoms with E-state index in [-0.39, 0.29) is 59.3 Å². The van der Waals surface area contributed by atoms with Crippen LogP contribution in [0.3, 0.4) is 0 Å². The molecule has 2 aromatic carbocycles. The van der Waals surface area contributed by atoms with Gasteiger partial charge in [0.1, 0.15) is 18.0 Å². The molecule has 0 amide bonds. The Balaban J connectivity index is 0.00000241. The van der Waals surface area contributed by atoms with E-state index in [1.54, 1.807) is 24.4 Å². The third-order valence-corrected chi connectivity index (χ3v) is 5.58. The molecular weight excluding hydrogens is 491 g/mol. The molecule has 0 saturated carbocycles. The number of aliphatic carboxylic acids is 1. The van der Waals surface area contributed by atoms with Gasteiger partial charge in [-0.2, -0.15) is 0 Å². The number of rotatable bonds is 10. The number of nitrogens with zero attached hydrogens (tertiary/aromatic N) is 4. The van der Waals surface area contributed by atoms with Crippen molar-refractivity contribution < 1.29 is 27.4 Å². The van der Waals surface area contributed by atoms with E-state index in [0.717, 1.165) is 5.56 Å². The summed E-state index contributed by atoms with van der Waals surface area (Å²) in [6.45, 7) is 0.318. The van der Waals surface area contributed by atoms with Gasteiger partial charge in [0, 0.05) is 23.9 Å². The molecule has 0 aliphatic rings. The summed E-state index contributed by atoms with van der Waals surface area (Å²) in [6.07, 6.45) is 0.729. The quantitative estimate of drug-likeness (QED) is 0.274. The largest absolute Gasteiger partial charge is 2.00 e. The van der Waals surface area contributed by atoms with Gasteiger partial charge in [-0.3, -0.25) is 4.79 Å². The molecule has 0 unspecified atom stereocenters. The molecule has 0 aliphatic carbocycles. The van der Waals surface area contributed by atoms with Crippen LogP contribution in [0.25, 0.3) is 34.0 Å². The first-order valence-electron chi connectivity index (χ1n) is 11.2. The molecule has 184 valence electrons. The molecule has 0 radical (unpaired) electrons. The maximum atomic E-state index is 13.6. The normalized spacial score (nSPS) is 12.5. The molecule has 3 N–H and O–H groups in total. The fourth-order valence-corrected chi connectivity index (χ4v) is 3.97. The zero-order valence-corrected chi connectivity index (χ0v) is 21.7. The van der Waals surface area contributed by atoms with Crippen LogP contribution >= 0.6 is 0 Å². The first-order valence-corrected chi connectivity index (χ1v) is 11.2. The molecule has 36 heavy (non-hydrogen) atoms. The van der Waals surface area contributed by atoms with Gasteiger partial charge in [0.2, 0.25) is 0 Å². The Kier molecular flexibility index (Phi) is 10.1. The van der Waals surface area contributed by atoms with Gasteiger partial charge in [-0.15, -0.1) is 0 Å². The second kappa shape index (κ2) is 13.0. The van der Waals surface area contributed by atoms with Crippen LogP contribution in [0.1, 0.15) is 22.1 Å². The summed E-state index contributed by atoms with van der Waals surface area (Å²) < 4.78 is 15.6. The topological polar surface area (TPSA) is 121 Å². The van der Waals surface area contributed by atoms with E-state index < -0.39 is 24.6 Å². The van der Waals surface area contributed by atoms with Gasteiger partial charge in [-0.05, 0) is 43.2 Å². The minimum atomic E-state index is -1.14. The molecule has 0 aliphatic heterocycles. The number of hydrogen-bond acceptors (Lipinski definition) is 6. The van der Waals surface area contributed by atoms with E-state index in [1.165, 1.54) is 18.5 Å². The number of aromatic nitrogens is 4. The second-order valence-electron chi connectivity index (χ2n) is 8.18. The smallest absolute Gasteiger partial charge is 1.00 e. The number of aliphatic hydroxyl groups is 2. The van der Waals surface area contributed by atoms with Gasteiger partial charge in [0.15, 0.2) is 0 Å². The Hall–Kier alpha value is -2.69. The predicted octanol–water partition coefficient (Wildman–Crippen LogP) is 3.63. The van der Waals surface area contributed by atoms with Crippen LogP contribution < -0.4 is 0 Å². The monoisotopic (exact) mass is 518 g/mol. The Morgan fingerprint density at radius 2 is 1.72 bits per heavy atom. The molecule has 4 aromatic rings. The van der Waals surface area contributed by atoms with Crippen LogP contribution in [0, 0.1) is 5.82 Å². The number of imidazole rings is 1. The Morgan fingerprint density at radius 1 is 1.00 bits per heavy atom. The van der Waals surface area contributed by atoms with Gasteiger partial charge in [0.05, 0.1) is 35.7 Å². The van der Waals surface area contributed by atoms with Gasteiger partial charge in [-0.1, -0.05) is 30.3 Å². The molecule has 2 heterocycles. The molecule has 0 fully saturated rings. The minimum absolute atomic E-state index is 0. The van der Waals surface area contributed by atoms with Gasteiger partial charge >= 0.3 is 43.7 Å². The summed E-state index contributed by atoms with van der Waals surface area (Å²) in [7, 11) is 0. The summed E-state index contributed by atoms with van der Waals surface area (Å²) in [5, 5.41) is 29.3. The van der Waals surface area contributed by atoms with E-state index in [9.17, 15) is 19.4 Å². The van der Waals surface area contributed by atoms with E-state index in [2.05, 4.69) is 9.97 Å². The van der Waals surface area contributed by atoms with E-state index in [1.807, 2.05) is 34.9 Å². The fourth-order valence-electron chi connectivity index (χ4n) is 3.97. The average Bonchev–Trinajstić information content (AvgIpc) is 3.23. The number of carboxylic acid groups (broad SMARTS) is 1. The van der Waals surface area contributed by atoms with Gasteiger partial charge in [-0.25, -0.2) is 19.3 Å². The molecule has 2 aromatic heterocycles. The Morgan fingerprint density at radius 3 is 2.36 bits per heavy atom. The van der Waals surface area contributed by atoms with Crippen LogP contribution in [0.5, 0.6) is 0 Å². The Bertz CT molecular complexity index is 1280. The second-order valence-corrected chi connectivity index (χ2v) is 8.18. The summed E-state index contributed by atoms with van der Waals surface area (Å²) in [4.78, 5) is 24.2. The van der Waals surface area contributed by atoms with Crippen molar-refractivity contribution in [2.45, 2.75) is 38.0 Å². The minimum Gasteiger partial charge on any atom is -1.00 e. The van der Waals surface area contributed by atoms with E-state index >= 15 is 0 Å². The van der Waals surface area contributed by atoms with Crippen molar-refractivity contribution in [1.82, 2.24) is 19.5 Å². The van der Waals surface area contributed by atoms with Gasteiger partial charge < -0.3 is 22.7 Å². The number of aliphatic hydroxyl groups excluding tert-OH is 2. The number of halogens is 1. The van der Waals surface area contributed by atoms with Crippen LogP contribution in [-0.4, -0.2) is 90.8 Å². The summed E-state index contributed by atoms with van der Waals surface area (Å²) in [5.74, 6) is -0.847. The number of carbonyl (C=O) groups is 1. The van der Waals surface area contributed by atoms with Crippen LogP contribution in [0.4, 0.5) is 4.39 Å². The third kappa shape index (κ3) is 6.95. The summed E-state index contributed by atoms with van der Waals surface area (Å²) in [5.41, 5.74) is 3.43. The predicted molar refractivity (Wildman–Crippen MR) is 136 cm³/mol. The number of carboxylic acids is 1. The van der Waals surface area contributed by atoms with Crippen molar-refractivity contribution in [2.24, 2.45) is 0 Å². The number of benzene rings is 2. The number of hydrogen-bond donors (Lipinski definition) is 3. The molecule has 0 bridgehead atoms. The first kappa shape index (κ1) is 27.9. The SMILES string of the molecule is O=C(O)C[C@H](O)C[C@H](O)CCn1c(-c2ccccc2)nc(-c2ccc(F)cc2)c1-c1ccncn1.[Ca+2].[H-].[H-]. The molecule has 4 rings (SSSR count). The third-order valence-electron chi connectivity index (χ3n) is 5.58. The Labute approximate surface area is 240 Å². The van der Waals surface area contributed by atoms with Crippen LogP contribution in [-0.2, 0) is 11.3 Å². The molecule has 2 atom stereocenters. The zero-order chi connectivity index (χ0) is 24.8. The van der Waals surface area contributed by atoms with Crippen molar-refractivity contribution in [2.75, 3.05) is 0 Å². The van der Waals surface area contributed by atoms with Gasteiger partial charge in [0.25, 0.3) is 0 Å². The van der Waals surface area contributed by atoms with Crippen molar-refractivity contribution in [3.05, 3.63) is 79.0 Å². The van der Waals surface area contributed by atoms with Crippen molar-refractivity contribution in [3.8, 4) is 34.0 Å². The van der Waals surface area contributed by atoms with Crippen LogP contribution in [0.2, 0.25) is 0 Å². The molecule has 8 nitrogen and oxygen atoms in total. The van der Waals surface area contributed by atoms with Crippen LogP contribution in [0.15, 0.2) is 73.2 Å². The summed E-state index contributed by atoms with van der Waals surface area (Å²) in [6, 6.07) is 17.3.